The second kappa shape index (κ2) is 7.91. The molecule has 1 heterocycles. The molecule has 0 aliphatic heterocycles. The molecule has 2 aromatic rings. The minimum absolute atomic E-state index is 0.0747. The standard InChI is InChI=1S/C16H16N2O6/c1-11-4-2-6-13(18(21)22)16(11)17-14(19)10-24-15(20)8-7-12-5-3-9-23-12/h2-6,9H,7-8,10H2,1H3,(H,17,19). The minimum atomic E-state index is -0.640. The Morgan fingerprint density at radius 3 is 2.75 bits per heavy atom. The molecule has 0 aliphatic rings. The maximum Gasteiger partial charge on any atom is 0.306 e. The third-order valence-corrected chi connectivity index (χ3v) is 3.23. The minimum Gasteiger partial charge on any atom is -0.469 e. The number of amides is 1. The molecule has 126 valence electrons. The summed E-state index contributed by atoms with van der Waals surface area (Å²) < 4.78 is 9.94. The van der Waals surface area contributed by atoms with Gasteiger partial charge in [-0.3, -0.25) is 19.7 Å². The Morgan fingerprint density at radius 1 is 1.29 bits per heavy atom. The number of para-hydroxylation sites is 1. The molecule has 0 fully saturated rings. The van der Waals surface area contributed by atoms with E-state index in [0.717, 1.165) is 0 Å². The van der Waals surface area contributed by atoms with Crippen molar-refractivity contribution in [1.29, 1.82) is 0 Å². The van der Waals surface area contributed by atoms with Gasteiger partial charge in [0.2, 0.25) is 0 Å². The second-order valence-corrected chi connectivity index (χ2v) is 5.01. The first-order valence-electron chi connectivity index (χ1n) is 7.19. The van der Waals surface area contributed by atoms with Crippen LogP contribution in [-0.2, 0) is 20.7 Å². The molecule has 2 rings (SSSR count). The lowest BCUT2D eigenvalue weighted by molar-refractivity contribution is -0.384. The topological polar surface area (TPSA) is 112 Å². The fourth-order valence-corrected chi connectivity index (χ4v) is 2.04. The van der Waals surface area contributed by atoms with Crippen LogP contribution in [0.5, 0.6) is 0 Å². The lowest BCUT2D eigenvalue weighted by atomic mass is 10.1. The number of anilines is 1. The van der Waals surface area contributed by atoms with Crippen LogP contribution in [0.1, 0.15) is 17.7 Å². The van der Waals surface area contributed by atoms with E-state index in [4.69, 9.17) is 9.15 Å². The Morgan fingerprint density at radius 2 is 2.08 bits per heavy atom. The number of nitrogens with zero attached hydrogens (tertiary/aromatic N) is 1. The summed E-state index contributed by atoms with van der Waals surface area (Å²) in [6.45, 7) is 1.13. The highest BCUT2D eigenvalue weighted by atomic mass is 16.6. The summed E-state index contributed by atoms with van der Waals surface area (Å²) in [5.74, 6) is -0.550. The van der Waals surface area contributed by atoms with E-state index < -0.39 is 23.4 Å². The van der Waals surface area contributed by atoms with E-state index in [1.165, 1.54) is 18.4 Å². The number of nitrogens with one attached hydrogen (secondary N) is 1. The van der Waals surface area contributed by atoms with Crippen molar-refractivity contribution in [3.8, 4) is 0 Å². The lowest BCUT2D eigenvalue weighted by Crippen LogP contribution is -2.22. The third kappa shape index (κ3) is 4.67. The average Bonchev–Trinajstić information content (AvgIpc) is 3.06. The predicted molar refractivity (Wildman–Crippen MR) is 84.5 cm³/mol. The van der Waals surface area contributed by atoms with Gasteiger partial charge in [0.1, 0.15) is 11.4 Å². The summed E-state index contributed by atoms with van der Waals surface area (Å²) in [5.41, 5.74) is 0.424. The first-order chi connectivity index (χ1) is 11.5. The molecule has 8 nitrogen and oxygen atoms in total. The largest absolute Gasteiger partial charge is 0.469 e. The molecule has 1 N–H and O–H groups in total. The van der Waals surface area contributed by atoms with E-state index in [9.17, 15) is 19.7 Å². The molecule has 1 aromatic carbocycles. The van der Waals surface area contributed by atoms with Crippen LogP contribution in [0.3, 0.4) is 0 Å². The van der Waals surface area contributed by atoms with Crippen molar-refractivity contribution >= 4 is 23.3 Å². The number of ether oxygens (including phenoxy) is 1. The Bertz CT molecular complexity index is 739. The first kappa shape index (κ1) is 17.2. The zero-order chi connectivity index (χ0) is 17.5. The number of furan rings is 1. The molecular formula is C16H16N2O6. The fourth-order valence-electron chi connectivity index (χ4n) is 2.04. The van der Waals surface area contributed by atoms with Crippen LogP contribution < -0.4 is 5.32 Å². The van der Waals surface area contributed by atoms with Crippen LogP contribution in [0.15, 0.2) is 41.0 Å². The highest BCUT2D eigenvalue weighted by molar-refractivity contribution is 5.95. The zero-order valence-corrected chi connectivity index (χ0v) is 13.0. The molecule has 0 saturated carbocycles. The smallest absolute Gasteiger partial charge is 0.306 e. The summed E-state index contributed by atoms with van der Waals surface area (Å²) in [7, 11) is 0. The van der Waals surface area contributed by atoms with Crippen molar-refractivity contribution in [1.82, 2.24) is 0 Å². The number of carbonyl (C=O) groups is 2. The van der Waals surface area contributed by atoms with Crippen LogP contribution in [0.2, 0.25) is 0 Å². The molecule has 24 heavy (non-hydrogen) atoms. The van der Waals surface area contributed by atoms with Crippen molar-refractivity contribution < 1.29 is 23.7 Å². The maximum atomic E-state index is 11.8. The van der Waals surface area contributed by atoms with Crippen LogP contribution in [0, 0.1) is 17.0 Å². The van der Waals surface area contributed by atoms with Crippen LogP contribution >= 0.6 is 0 Å². The molecule has 1 amide bonds. The monoisotopic (exact) mass is 332 g/mol. The van der Waals surface area contributed by atoms with Crippen LogP contribution in [0.25, 0.3) is 0 Å². The molecule has 0 spiro atoms. The van der Waals surface area contributed by atoms with E-state index in [-0.39, 0.29) is 17.8 Å². The van der Waals surface area contributed by atoms with Gasteiger partial charge < -0.3 is 14.5 Å². The van der Waals surface area contributed by atoms with Gasteiger partial charge in [-0.15, -0.1) is 0 Å². The van der Waals surface area contributed by atoms with Crippen molar-refractivity contribution in [2.75, 3.05) is 11.9 Å². The Hall–Kier alpha value is -3.16. The number of carbonyl (C=O) groups excluding carboxylic acids is 2. The molecule has 0 radical (unpaired) electrons. The molecule has 1 aromatic heterocycles. The van der Waals surface area contributed by atoms with Gasteiger partial charge in [0.05, 0.1) is 17.6 Å². The number of nitro groups is 1. The van der Waals surface area contributed by atoms with Gasteiger partial charge >= 0.3 is 5.97 Å². The van der Waals surface area contributed by atoms with E-state index in [1.807, 2.05) is 0 Å². The van der Waals surface area contributed by atoms with Crippen molar-refractivity contribution in [3.63, 3.8) is 0 Å². The summed E-state index contributed by atoms with van der Waals surface area (Å²) in [4.78, 5) is 33.8. The number of aryl methyl sites for hydroxylation is 2. The Kier molecular flexibility index (Phi) is 5.67. The number of hydrogen-bond donors (Lipinski definition) is 1. The Balaban J connectivity index is 1.85. The van der Waals surface area contributed by atoms with Gasteiger partial charge in [-0.2, -0.15) is 0 Å². The number of nitro benzene ring substituents is 1. The highest BCUT2D eigenvalue weighted by Crippen LogP contribution is 2.27. The van der Waals surface area contributed by atoms with Gasteiger partial charge in [0.25, 0.3) is 11.6 Å². The lowest BCUT2D eigenvalue weighted by Gasteiger charge is -2.09. The van der Waals surface area contributed by atoms with Crippen LogP contribution in [-0.4, -0.2) is 23.4 Å². The number of benzene rings is 1. The van der Waals surface area contributed by atoms with Gasteiger partial charge in [-0.1, -0.05) is 12.1 Å². The Labute approximate surface area is 137 Å². The molecule has 0 unspecified atom stereocenters. The van der Waals surface area contributed by atoms with Crippen molar-refractivity contribution in [2.45, 2.75) is 19.8 Å². The molecule has 8 heteroatoms. The summed E-state index contributed by atoms with van der Waals surface area (Å²) in [6, 6.07) is 7.90. The quantitative estimate of drug-likeness (QED) is 0.474. The maximum absolute atomic E-state index is 11.8. The summed E-state index contributed by atoms with van der Waals surface area (Å²) in [5, 5.41) is 13.4. The van der Waals surface area contributed by atoms with Gasteiger partial charge in [0, 0.05) is 12.5 Å². The molecule has 0 aliphatic carbocycles. The summed E-state index contributed by atoms with van der Waals surface area (Å²) >= 11 is 0. The van der Waals surface area contributed by atoms with E-state index in [2.05, 4.69) is 5.32 Å². The number of rotatable bonds is 7. The SMILES string of the molecule is Cc1cccc([N+](=O)[O-])c1NC(=O)COC(=O)CCc1ccco1. The molecule has 0 atom stereocenters. The van der Waals surface area contributed by atoms with Crippen LogP contribution in [0.4, 0.5) is 11.4 Å². The average molecular weight is 332 g/mol. The molecule has 0 bridgehead atoms. The highest BCUT2D eigenvalue weighted by Gasteiger charge is 2.18. The van der Waals surface area contributed by atoms with Gasteiger partial charge in [0.15, 0.2) is 6.61 Å². The number of esters is 1. The van der Waals surface area contributed by atoms with E-state index in [0.29, 0.717) is 17.7 Å². The van der Waals surface area contributed by atoms with E-state index in [1.54, 1.807) is 25.1 Å². The second-order valence-electron chi connectivity index (χ2n) is 5.01. The van der Waals surface area contributed by atoms with Crippen molar-refractivity contribution in [3.05, 3.63) is 58.0 Å². The predicted octanol–water partition coefficient (Wildman–Crippen LogP) is 2.61. The van der Waals surface area contributed by atoms with Gasteiger partial charge in [-0.25, -0.2) is 0 Å². The third-order valence-electron chi connectivity index (χ3n) is 3.23. The molecular weight excluding hydrogens is 316 g/mol. The molecule has 0 saturated heterocycles. The van der Waals surface area contributed by atoms with Crippen molar-refractivity contribution in [2.24, 2.45) is 0 Å². The summed E-state index contributed by atoms with van der Waals surface area (Å²) in [6.07, 6.45) is 1.95. The number of hydrogen-bond acceptors (Lipinski definition) is 6. The van der Waals surface area contributed by atoms with E-state index >= 15 is 0 Å². The first-order valence-corrected chi connectivity index (χ1v) is 7.19. The normalized spacial score (nSPS) is 10.2. The fraction of sp³-hybridized carbons (Fsp3) is 0.250. The van der Waals surface area contributed by atoms with Gasteiger partial charge in [-0.05, 0) is 24.6 Å². The zero-order valence-electron chi connectivity index (χ0n) is 13.0.